The first kappa shape index (κ1) is 18.2. The second-order valence-electron chi connectivity index (χ2n) is 4.62. The molecular weight excluding hydrogens is 240 g/mol. The largest absolute Gasteiger partial charge is 0.380 e. The van der Waals surface area contributed by atoms with E-state index in [9.17, 15) is 0 Å². The Bertz CT molecular complexity index is 233. The maximum absolute atomic E-state index is 5.30. The molecule has 0 aliphatic carbocycles. The smallest absolute Gasteiger partial charge is 0.191 e. The highest BCUT2D eigenvalue weighted by Gasteiger charge is 2.05. The Hall–Kier alpha value is -0.810. The third-order valence-electron chi connectivity index (χ3n) is 3.15. The lowest BCUT2D eigenvalue weighted by molar-refractivity contribution is 0.152. The highest BCUT2D eigenvalue weighted by Crippen LogP contribution is 1.98. The summed E-state index contributed by atoms with van der Waals surface area (Å²) in [5.41, 5.74) is 0. The molecule has 0 bridgehead atoms. The van der Waals surface area contributed by atoms with E-state index in [0.717, 1.165) is 38.7 Å². The molecule has 0 heterocycles. The van der Waals surface area contributed by atoms with Crippen LogP contribution in [-0.4, -0.2) is 63.3 Å². The number of ether oxygens (including phenoxy) is 1. The lowest BCUT2D eigenvalue weighted by Crippen LogP contribution is -2.39. The van der Waals surface area contributed by atoms with Crippen molar-refractivity contribution < 1.29 is 4.74 Å². The first-order chi connectivity index (χ1) is 9.15. The molecule has 0 amide bonds. The fourth-order valence-electron chi connectivity index (χ4n) is 1.58. The molecule has 0 saturated carbocycles. The molecular formula is C14H32N4O. The van der Waals surface area contributed by atoms with Crippen LogP contribution in [-0.2, 0) is 4.74 Å². The van der Waals surface area contributed by atoms with Gasteiger partial charge in [-0.1, -0.05) is 6.92 Å². The number of hydrogen-bond donors (Lipinski definition) is 2. The maximum atomic E-state index is 5.30. The van der Waals surface area contributed by atoms with Gasteiger partial charge in [-0.25, -0.2) is 0 Å². The molecule has 2 N–H and O–H groups in total. The van der Waals surface area contributed by atoms with Gasteiger partial charge in [0.2, 0.25) is 0 Å². The summed E-state index contributed by atoms with van der Waals surface area (Å²) in [6.45, 7) is 13.5. The molecule has 0 aromatic rings. The molecule has 1 atom stereocenters. The number of nitrogens with zero attached hydrogens (tertiary/aromatic N) is 2. The van der Waals surface area contributed by atoms with Gasteiger partial charge in [0.15, 0.2) is 5.96 Å². The van der Waals surface area contributed by atoms with Gasteiger partial charge >= 0.3 is 0 Å². The zero-order valence-corrected chi connectivity index (χ0v) is 13.3. The molecule has 0 spiro atoms. The van der Waals surface area contributed by atoms with Crippen LogP contribution in [0.15, 0.2) is 4.99 Å². The van der Waals surface area contributed by atoms with Crippen molar-refractivity contribution in [3.8, 4) is 0 Å². The molecule has 114 valence electrons. The van der Waals surface area contributed by atoms with Gasteiger partial charge in [-0.15, -0.1) is 0 Å². The van der Waals surface area contributed by atoms with E-state index in [1.165, 1.54) is 6.42 Å². The van der Waals surface area contributed by atoms with Crippen molar-refractivity contribution >= 4 is 5.96 Å². The summed E-state index contributed by atoms with van der Waals surface area (Å²) in [5.74, 6) is 0.875. The van der Waals surface area contributed by atoms with Gasteiger partial charge in [-0.05, 0) is 34.2 Å². The van der Waals surface area contributed by atoms with Crippen LogP contribution in [0.1, 0.15) is 34.1 Å². The van der Waals surface area contributed by atoms with Gasteiger partial charge < -0.3 is 20.3 Å². The van der Waals surface area contributed by atoms with Crippen LogP contribution in [0, 0.1) is 0 Å². The minimum atomic E-state index is 0.615. The van der Waals surface area contributed by atoms with E-state index in [2.05, 4.69) is 48.3 Å². The number of likely N-dealkylation sites (N-methyl/N-ethyl adjacent to an activating group) is 1. The molecule has 5 nitrogen and oxygen atoms in total. The van der Waals surface area contributed by atoms with Crippen molar-refractivity contribution in [3.05, 3.63) is 0 Å². The minimum absolute atomic E-state index is 0.615. The molecule has 0 saturated heterocycles. The Balaban J connectivity index is 3.97. The predicted octanol–water partition coefficient (Wildman–Crippen LogP) is 1.31. The Morgan fingerprint density at radius 2 is 2.00 bits per heavy atom. The molecule has 5 heteroatoms. The summed E-state index contributed by atoms with van der Waals surface area (Å²) in [6, 6.07) is 0.615. The molecule has 0 radical (unpaired) electrons. The Labute approximate surface area is 118 Å². The van der Waals surface area contributed by atoms with Crippen LogP contribution in [0.5, 0.6) is 0 Å². The average Bonchev–Trinajstić information content (AvgIpc) is 2.42. The van der Waals surface area contributed by atoms with E-state index in [1.54, 1.807) is 0 Å². The van der Waals surface area contributed by atoms with Crippen LogP contribution in [0.4, 0.5) is 0 Å². The average molecular weight is 272 g/mol. The van der Waals surface area contributed by atoms with Crippen molar-refractivity contribution in [2.45, 2.75) is 40.2 Å². The number of nitrogens with one attached hydrogen (secondary N) is 2. The van der Waals surface area contributed by atoms with Crippen molar-refractivity contribution in [3.63, 3.8) is 0 Å². The standard InChI is InChI=1S/C14H32N4O/c1-6-13(4)18(5)11-9-16-14(15-7-2)17-10-12-19-8-3/h13H,6-12H2,1-5H3,(H2,15,16,17). The summed E-state index contributed by atoms with van der Waals surface area (Å²) in [5, 5.41) is 6.51. The first-order valence-corrected chi connectivity index (χ1v) is 7.45. The SMILES string of the molecule is CCNC(=NCCN(C)C(C)CC)NCCOCC. The minimum Gasteiger partial charge on any atom is -0.380 e. The van der Waals surface area contributed by atoms with Crippen LogP contribution >= 0.6 is 0 Å². The summed E-state index contributed by atoms with van der Waals surface area (Å²) < 4.78 is 5.30. The van der Waals surface area contributed by atoms with E-state index in [0.29, 0.717) is 12.6 Å². The maximum Gasteiger partial charge on any atom is 0.191 e. The van der Waals surface area contributed by atoms with Gasteiger partial charge in [0.05, 0.1) is 13.2 Å². The normalized spacial score (nSPS) is 13.7. The quantitative estimate of drug-likeness (QED) is 0.358. The molecule has 0 rings (SSSR count). The fourth-order valence-corrected chi connectivity index (χ4v) is 1.58. The highest BCUT2D eigenvalue weighted by molar-refractivity contribution is 5.79. The first-order valence-electron chi connectivity index (χ1n) is 7.45. The van der Waals surface area contributed by atoms with Gasteiger partial charge in [-0.3, -0.25) is 4.99 Å². The zero-order chi connectivity index (χ0) is 14.5. The van der Waals surface area contributed by atoms with Crippen molar-refractivity contribution in [1.82, 2.24) is 15.5 Å². The van der Waals surface area contributed by atoms with Crippen molar-refractivity contribution in [1.29, 1.82) is 0 Å². The highest BCUT2D eigenvalue weighted by atomic mass is 16.5. The number of hydrogen-bond acceptors (Lipinski definition) is 3. The molecule has 19 heavy (non-hydrogen) atoms. The summed E-state index contributed by atoms with van der Waals surface area (Å²) in [7, 11) is 2.15. The molecule has 0 aliphatic heterocycles. The van der Waals surface area contributed by atoms with Crippen molar-refractivity contribution in [2.75, 3.05) is 46.4 Å². The lowest BCUT2D eigenvalue weighted by atomic mass is 10.2. The topological polar surface area (TPSA) is 48.9 Å². The van der Waals surface area contributed by atoms with Crippen LogP contribution < -0.4 is 10.6 Å². The monoisotopic (exact) mass is 272 g/mol. The van der Waals surface area contributed by atoms with Gasteiger partial charge in [0.25, 0.3) is 0 Å². The van der Waals surface area contributed by atoms with Gasteiger partial charge in [0, 0.05) is 32.3 Å². The predicted molar refractivity (Wildman–Crippen MR) is 82.9 cm³/mol. The van der Waals surface area contributed by atoms with E-state index >= 15 is 0 Å². The van der Waals surface area contributed by atoms with E-state index in [-0.39, 0.29) is 0 Å². The van der Waals surface area contributed by atoms with E-state index in [1.807, 2.05) is 6.92 Å². The van der Waals surface area contributed by atoms with Crippen LogP contribution in [0.25, 0.3) is 0 Å². The molecule has 1 unspecified atom stereocenters. The summed E-state index contributed by atoms with van der Waals surface area (Å²) in [4.78, 5) is 6.91. The number of aliphatic imine (C=N–C) groups is 1. The van der Waals surface area contributed by atoms with Gasteiger partial charge in [-0.2, -0.15) is 0 Å². The van der Waals surface area contributed by atoms with E-state index < -0.39 is 0 Å². The Morgan fingerprint density at radius 3 is 2.58 bits per heavy atom. The summed E-state index contributed by atoms with van der Waals surface area (Å²) >= 11 is 0. The van der Waals surface area contributed by atoms with Crippen molar-refractivity contribution in [2.24, 2.45) is 4.99 Å². The Morgan fingerprint density at radius 1 is 1.26 bits per heavy atom. The zero-order valence-electron chi connectivity index (χ0n) is 13.3. The van der Waals surface area contributed by atoms with Gasteiger partial charge in [0.1, 0.15) is 0 Å². The molecule has 0 aromatic heterocycles. The van der Waals surface area contributed by atoms with Crippen LogP contribution in [0.3, 0.4) is 0 Å². The second-order valence-corrected chi connectivity index (χ2v) is 4.62. The number of rotatable bonds is 10. The second kappa shape index (κ2) is 12.2. The lowest BCUT2D eigenvalue weighted by Gasteiger charge is -2.22. The molecule has 0 aromatic carbocycles. The molecule has 0 aliphatic rings. The third kappa shape index (κ3) is 9.73. The number of guanidine groups is 1. The molecule has 0 fully saturated rings. The van der Waals surface area contributed by atoms with Crippen LogP contribution in [0.2, 0.25) is 0 Å². The third-order valence-corrected chi connectivity index (χ3v) is 3.15. The summed E-state index contributed by atoms with van der Waals surface area (Å²) in [6.07, 6.45) is 1.17. The Kier molecular flexibility index (Phi) is 11.7. The fraction of sp³-hybridized carbons (Fsp3) is 0.929. The van der Waals surface area contributed by atoms with E-state index in [4.69, 9.17) is 4.74 Å².